The molecule has 8 heteroatoms. The van der Waals surface area contributed by atoms with Crippen molar-refractivity contribution >= 4 is 29.6 Å². The fourth-order valence-electron chi connectivity index (χ4n) is 3.14. The van der Waals surface area contributed by atoms with Crippen molar-refractivity contribution in [3.05, 3.63) is 35.9 Å². The van der Waals surface area contributed by atoms with E-state index >= 15 is 0 Å². The summed E-state index contributed by atoms with van der Waals surface area (Å²) in [5.74, 6) is -0.574. The number of rotatable bonds is 9. The first-order chi connectivity index (χ1) is 13.4. The molecule has 1 fully saturated rings. The lowest BCUT2D eigenvalue weighted by atomic mass is 10.0. The Morgan fingerprint density at radius 3 is 2.68 bits per heavy atom. The van der Waals surface area contributed by atoms with E-state index in [1.807, 2.05) is 37.3 Å². The second kappa shape index (κ2) is 11.1. The van der Waals surface area contributed by atoms with Crippen LogP contribution in [-0.2, 0) is 25.5 Å². The lowest BCUT2D eigenvalue weighted by Crippen LogP contribution is -2.55. The molecule has 0 spiro atoms. The van der Waals surface area contributed by atoms with Gasteiger partial charge in [0.25, 0.3) is 0 Å². The summed E-state index contributed by atoms with van der Waals surface area (Å²) in [6.45, 7) is 3.51. The predicted octanol–water partition coefficient (Wildman–Crippen LogP) is 1.56. The maximum absolute atomic E-state index is 12.9. The largest absolute Gasteiger partial charge is 0.480 e. The third-order valence-electron chi connectivity index (χ3n) is 4.60. The van der Waals surface area contributed by atoms with Gasteiger partial charge in [-0.05, 0) is 32.3 Å². The maximum Gasteiger partial charge on any atom is 0.323 e. The Hall–Kier alpha value is -2.06. The molecule has 7 nitrogen and oxygen atoms in total. The first kappa shape index (κ1) is 22.2. The molecule has 0 radical (unpaired) electrons. The Morgan fingerprint density at radius 2 is 2.04 bits per heavy atom. The first-order valence-electron chi connectivity index (χ1n) is 9.49. The van der Waals surface area contributed by atoms with Crippen molar-refractivity contribution < 1.29 is 24.2 Å². The van der Waals surface area contributed by atoms with Crippen LogP contribution < -0.4 is 5.32 Å². The SMILES string of the molecule is CCOC(=O)[C@H](CCc1ccccc1)N[C@H]1CSC[C@@H](C)N(CC(=O)O)C1=O. The van der Waals surface area contributed by atoms with Gasteiger partial charge in [0.15, 0.2) is 0 Å². The summed E-state index contributed by atoms with van der Waals surface area (Å²) in [4.78, 5) is 37.9. The van der Waals surface area contributed by atoms with Crippen LogP contribution in [0.3, 0.4) is 0 Å². The summed E-state index contributed by atoms with van der Waals surface area (Å²) < 4.78 is 5.19. The van der Waals surface area contributed by atoms with Crippen LogP contribution >= 0.6 is 11.8 Å². The van der Waals surface area contributed by atoms with Crippen LogP contribution in [0, 0.1) is 0 Å². The molecule has 1 heterocycles. The Labute approximate surface area is 169 Å². The van der Waals surface area contributed by atoms with Crippen LogP contribution in [0.15, 0.2) is 30.3 Å². The molecule has 1 aliphatic heterocycles. The molecule has 1 amide bonds. The molecule has 0 saturated carbocycles. The number of nitrogens with zero attached hydrogens (tertiary/aromatic N) is 1. The molecule has 0 unspecified atom stereocenters. The van der Waals surface area contributed by atoms with Gasteiger partial charge >= 0.3 is 11.9 Å². The number of esters is 1. The van der Waals surface area contributed by atoms with Crippen molar-refractivity contribution in [3.8, 4) is 0 Å². The quantitative estimate of drug-likeness (QED) is 0.599. The molecule has 1 saturated heterocycles. The number of ether oxygens (including phenoxy) is 1. The summed E-state index contributed by atoms with van der Waals surface area (Å²) in [6, 6.07) is 8.37. The van der Waals surface area contributed by atoms with Gasteiger partial charge in [-0.2, -0.15) is 11.8 Å². The molecule has 0 aromatic heterocycles. The number of carboxylic acids is 1. The minimum absolute atomic E-state index is 0.175. The number of carbonyl (C=O) groups excluding carboxylic acids is 2. The molecule has 2 N–H and O–H groups in total. The second-order valence-corrected chi connectivity index (χ2v) is 7.87. The highest BCUT2D eigenvalue weighted by molar-refractivity contribution is 7.99. The van der Waals surface area contributed by atoms with Gasteiger partial charge < -0.3 is 14.7 Å². The van der Waals surface area contributed by atoms with Gasteiger partial charge in [-0.3, -0.25) is 19.7 Å². The number of hydrogen-bond donors (Lipinski definition) is 2. The lowest BCUT2D eigenvalue weighted by molar-refractivity contribution is -0.148. The van der Waals surface area contributed by atoms with E-state index in [2.05, 4.69) is 5.32 Å². The highest BCUT2D eigenvalue weighted by Crippen LogP contribution is 2.19. The van der Waals surface area contributed by atoms with Crippen LogP contribution in [-0.4, -0.2) is 70.6 Å². The monoisotopic (exact) mass is 408 g/mol. The zero-order valence-corrected chi connectivity index (χ0v) is 17.1. The number of carbonyl (C=O) groups is 3. The van der Waals surface area contributed by atoms with Crippen LogP contribution in [0.5, 0.6) is 0 Å². The van der Waals surface area contributed by atoms with E-state index in [-0.39, 0.29) is 25.1 Å². The van der Waals surface area contributed by atoms with E-state index < -0.39 is 24.0 Å². The minimum atomic E-state index is -1.04. The van der Waals surface area contributed by atoms with Gasteiger partial charge in [-0.25, -0.2) is 0 Å². The average Bonchev–Trinajstić information content (AvgIpc) is 2.79. The Balaban J connectivity index is 2.10. The number of carboxylic acid groups (broad SMARTS) is 1. The van der Waals surface area contributed by atoms with Gasteiger partial charge in [0.05, 0.1) is 12.6 Å². The average molecular weight is 409 g/mol. The fraction of sp³-hybridized carbons (Fsp3) is 0.550. The second-order valence-electron chi connectivity index (χ2n) is 6.79. The van der Waals surface area contributed by atoms with Crippen LogP contribution in [0.25, 0.3) is 0 Å². The Bertz CT molecular complexity index is 670. The summed E-state index contributed by atoms with van der Waals surface area (Å²) in [7, 11) is 0. The van der Waals surface area contributed by atoms with Crippen molar-refractivity contribution in [2.75, 3.05) is 24.7 Å². The zero-order valence-electron chi connectivity index (χ0n) is 16.3. The molecular formula is C20H28N2O5S. The van der Waals surface area contributed by atoms with E-state index in [1.54, 1.807) is 18.7 Å². The molecular weight excluding hydrogens is 380 g/mol. The number of benzene rings is 1. The van der Waals surface area contributed by atoms with E-state index in [0.29, 0.717) is 24.3 Å². The highest BCUT2D eigenvalue weighted by atomic mass is 32.2. The molecule has 2 rings (SSSR count). The van der Waals surface area contributed by atoms with Crippen molar-refractivity contribution in [2.45, 2.75) is 44.8 Å². The van der Waals surface area contributed by atoms with Crippen molar-refractivity contribution in [3.63, 3.8) is 0 Å². The van der Waals surface area contributed by atoms with Crippen LogP contribution in [0.4, 0.5) is 0 Å². The summed E-state index contributed by atoms with van der Waals surface area (Å²) in [6.07, 6.45) is 1.16. The van der Waals surface area contributed by atoms with E-state index in [1.165, 1.54) is 4.90 Å². The summed E-state index contributed by atoms with van der Waals surface area (Å²) in [5, 5.41) is 12.3. The topological polar surface area (TPSA) is 95.9 Å². The van der Waals surface area contributed by atoms with Gasteiger partial charge in [0.2, 0.25) is 5.91 Å². The zero-order chi connectivity index (χ0) is 20.5. The summed E-state index contributed by atoms with van der Waals surface area (Å²) >= 11 is 1.58. The lowest BCUT2D eigenvalue weighted by Gasteiger charge is -2.29. The number of thioether (sulfide) groups is 1. The molecule has 1 aromatic carbocycles. The van der Waals surface area contributed by atoms with E-state index in [0.717, 1.165) is 5.56 Å². The van der Waals surface area contributed by atoms with Crippen molar-refractivity contribution in [1.82, 2.24) is 10.2 Å². The smallest absolute Gasteiger partial charge is 0.323 e. The van der Waals surface area contributed by atoms with Crippen molar-refractivity contribution in [1.29, 1.82) is 0 Å². The molecule has 1 aliphatic rings. The molecule has 0 bridgehead atoms. The number of nitrogens with one attached hydrogen (secondary N) is 1. The third kappa shape index (κ3) is 6.53. The molecule has 0 aliphatic carbocycles. The van der Waals surface area contributed by atoms with E-state index in [9.17, 15) is 14.4 Å². The first-order valence-corrected chi connectivity index (χ1v) is 10.6. The molecule has 3 atom stereocenters. The Kier molecular flexibility index (Phi) is 8.79. The minimum Gasteiger partial charge on any atom is -0.480 e. The highest BCUT2D eigenvalue weighted by Gasteiger charge is 2.35. The number of hydrogen-bond acceptors (Lipinski definition) is 6. The predicted molar refractivity (Wildman–Crippen MR) is 108 cm³/mol. The van der Waals surface area contributed by atoms with Crippen LogP contribution in [0.2, 0.25) is 0 Å². The standard InChI is InChI=1S/C20H28N2O5S/c1-3-27-20(26)16(10-9-15-7-5-4-6-8-15)21-17-13-28-12-14(2)22(19(17)25)11-18(23)24/h4-8,14,16-17,21H,3,9-13H2,1-2H3,(H,23,24)/t14-,16+,17+/m1/s1. The van der Waals surface area contributed by atoms with Gasteiger partial charge in [-0.15, -0.1) is 0 Å². The van der Waals surface area contributed by atoms with Gasteiger partial charge in [0, 0.05) is 17.5 Å². The van der Waals surface area contributed by atoms with E-state index in [4.69, 9.17) is 9.84 Å². The van der Waals surface area contributed by atoms with Crippen molar-refractivity contribution in [2.24, 2.45) is 0 Å². The fourth-order valence-corrected chi connectivity index (χ4v) is 4.28. The third-order valence-corrected chi connectivity index (χ3v) is 5.89. The maximum atomic E-state index is 12.9. The van der Waals surface area contributed by atoms with Gasteiger partial charge in [0.1, 0.15) is 12.6 Å². The Morgan fingerprint density at radius 1 is 1.32 bits per heavy atom. The number of aliphatic carboxylic acids is 1. The molecule has 1 aromatic rings. The van der Waals surface area contributed by atoms with Gasteiger partial charge in [-0.1, -0.05) is 30.3 Å². The molecule has 154 valence electrons. The number of aryl methyl sites for hydroxylation is 1. The number of amides is 1. The summed E-state index contributed by atoms with van der Waals surface area (Å²) in [5.41, 5.74) is 1.10. The molecule has 28 heavy (non-hydrogen) atoms. The van der Waals surface area contributed by atoms with Crippen LogP contribution in [0.1, 0.15) is 25.8 Å². The normalized spacial score (nSPS) is 21.1.